The highest BCUT2D eigenvalue weighted by Gasteiger charge is 2.24. The van der Waals surface area contributed by atoms with Crippen molar-refractivity contribution in [3.8, 4) is 0 Å². The van der Waals surface area contributed by atoms with E-state index in [0.717, 1.165) is 0 Å². The minimum absolute atomic E-state index is 0.578. The lowest BCUT2D eigenvalue weighted by molar-refractivity contribution is -0.123. The Labute approximate surface area is 64.3 Å². The van der Waals surface area contributed by atoms with Gasteiger partial charge >= 0.3 is 6.03 Å². The van der Waals surface area contributed by atoms with Crippen LogP contribution in [0.3, 0.4) is 0 Å². The van der Waals surface area contributed by atoms with Crippen LogP contribution in [0.5, 0.6) is 0 Å². The molecular weight excluding hydrogens is 148 g/mol. The molecule has 0 aromatic carbocycles. The first kappa shape index (κ1) is 9.70. The number of nitrogens with one attached hydrogen (secondary N) is 2. The predicted octanol–water partition coefficient (Wildman–Crippen LogP) is -1.58. The maximum Gasteiger partial charge on any atom is 0.326 e. The second-order valence-electron chi connectivity index (χ2n) is 2.60. The molecule has 0 saturated heterocycles. The van der Waals surface area contributed by atoms with Crippen LogP contribution in [0.25, 0.3) is 0 Å². The average molecular weight is 160 g/mol. The lowest BCUT2D eigenvalue weighted by atomic mass is 10.1. The van der Waals surface area contributed by atoms with Crippen molar-refractivity contribution in [3.05, 3.63) is 0 Å². The molecule has 64 valence electrons. The van der Waals surface area contributed by atoms with E-state index in [0.29, 0.717) is 0 Å². The van der Waals surface area contributed by atoms with Gasteiger partial charge in [0.25, 0.3) is 0 Å². The molecule has 3 amide bonds. The molecule has 6 N–H and O–H groups in total. The molecule has 0 radical (unpaired) electrons. The van der Waals surface area contributed by atoms with Crippen LogP contribution in [-0.2, 0) is 4.79 Å². The van der Waals surface area contributed by atoms with Gasteiger partial charge in [-0.2, -0.15) is 0 Å². The third kappa shape index (κ3) is 3.41. The molecule has 0 aliphatic heterocycles. The number of hydrogen-bond acceptors (Lipinski definition) is 3. The molecule has 0 unspecified atom stereocenters. The van der Waals surface area contributed by atoms with Gasteiger partial charge in [-0.3, -0.25) is 10.2 Å². The highest BCUT2D eigenvalue weighted by atomic mass is 16.2. The molecular formula is C5H12N4O2. The van der Waals surface area contributed by atoms with Gasteiger partial charge in [-0.25, -0.2) is 10.2 Å². The van der Waals surface area contributed by atoms with E-state index in [1.165, 1.54) is 13.8 Å². The summed E-state index contributed by atoms with van der Waals surface area (Å²) < 4.78 is 0. The fourth-order valence-electron chi connectivity index (χ4n) is 0.279. The summed E-state index contributed by atoms with van der Waals surface area (Å²) in [7, 11) is 0. The van der Waals surface area contributed by atoms with Gasteiger partial charge in [-0.05, 0) is 13.8 Å². The molecule has 0 rings (SSSR count). The summed E-state index contributed by atoms with van der Waals surface area (Å²) >= 11 is 0. The Bertz CT molecular complexity index is 177. The summed E-state index contributed by atoms with van der Waals surface area (Å²) in [5, 5.41) is 0. The first-order valence-electron chi connectivity index (χ1n) is 2.99. The average Bonchev–Trinajstić information content (AvgIpc) is 1.84. The van der Waals surface area contributed by atoms with E-state index in [4.69, 9.17) is 11.5 Å². The SMILES string of the molecule is CC(C)(NNC(N)=O)C(N)=O. The molecule has 0 atom stereocenters. The summed E-state index contributed by atoms with van der Waals surface area (Å²) in [6.45, 7) is 3.04. The molecule has 0 aromatic rings. The standard InChI is InChI=1S/C5H12N4O2/c1-5(2,3(6)10)9-8-4(7)11/h9H,1-2H3,(H2,6,10)(H3,7,8,11). The molecule has 0 heterocycles. The number of carbonyl (C=O) groups excluding carboxylic acids is 2. The number of amides is 3. The summed E-state index contributed by atoms with van der Waals surface area (Å²) in [5.74, 6) is -0.578. The monoisotopic (exact) mass is 160 g/mol. The molecule has 0 spiro atoms. The first-order chi connectivity index (χ1) is 4.86. The van der Waals surface area contributed by atoms with Gasteiger partial charge in [-0.15, -0.1) is 0 Å². The fourth-order valence-corrected chi connectivity index (χ4v) is 0.279. The topological polar surface area (TPSA) is 110 Å². The van der Waals surface area contributed by atoms with E-state index in [2.05, 4.69) is 10.9 Å². The van der Waals surface area contributed by atoms with Crippen molar-refractivity contribution in [3.63, 3.8) is 0 Å². The van der Waals surface area contributed by atoms with Gasteiger partial charge in [-0.1, -0.05) is 0 Å². The molecule has 11 heavy (non-hydrogen) atoms. The Hall–Kier alpha value is -1.30. The molecule has 0 saturated carbocycles. The highest BCUT2D eigenvalue weighted by Crippen LogP contribution is 1.96. The van der Waals surface area contributed by atoms with Crippen LogP contribution in [0.2, 0.25) is 0 Å². The smallest absolute Gasteiger partial charge is 0.326 e. The van der Waals surface area contributed by atoms with E-state index in [1.807, 2.05) is 0 Å². The van der Waals surface area contributed by atoms with Gasteiger partial charge in [0, 0.05) is 0 Å². The first-order valence-corrected chi connectivity index (χ1v) is 2.99. The molecule has 0 fully saturated rings. The molecule has 0 aromatic heterocycles. The van der Waals surface area contributed by atoms with Crippen molar-refractivity contribution in [2.45, 2.75) is 19.4 Å². The van der Waals surface area contributed by atoms with Gasteiger partial charge in [0.1, 0.15) is 5.54 Å². The van der Waals surface area contributed by atoms with Gasteiger partial charge in [0.05, 0.1) is 0 Å². The Morgan fingerprint density at radius 1 is 1.27 bits per heavy atom. The summed E-state index contributed by atoms with van der Waals surface area (Å²) in [6, 6.07) is -0.765. The molecule has 6 heteroatoms. The third-order valence-corrected chi connectivity index (χ3v) is 1.11. The number of carbonyl (C=O) groups is 2. The maximum atomic E-state index is 10.6. The van der Waals surface area contributed by atoms with Gasteiger partial charge in [0.15, 0.2) is 0 Å². The van der Waals surface area contributed by atoms with Crippen molar-refractivity contribution in [1.82, 2.24) is 10.9 Å². The Morgan fingerprint density at radius 3 is 2.00 bits per heavy atom. The van der Waals surface area contributed by atoms with Gasteiger partial charge < -0.3 is 11.5 Å². The summed E-state index contributed by atoms with van der Waals surface area (Å²) in [6.07, 6.45) is 0. The lowest BCUT2D eigenvalue weighted by Gasteiger charge is -2.21. The largest absolute Gasteiger partial charge is 0.368 e. The van der Waals surface area contributed by atoms with Crippen molar-refractivity contribution in [2.75, 3.05) is 0 Å². The number of hydrogen-bond donors (Lipinski definition) is 4. The zero-order valence-corrected chi connectivity index (χ0v) is 6.47. The maximum absolute atomic E-state index is 10.6. The van der Waals surface area contributed by atoms with Crippen LogP contribution in [0.15, 0.2) is 0 Å². The second kappa shape index (κ2) is 3.20. The van der Waals surface area contributed by atoms with E-state index in [1.54, 1.807) is 0 Å². The number of rotatable bonds is 3. The normalized spacial score (nSPS) is 10.7. The van der Waals surface area contributed by atoms with Crippen molar-refractivity contribution >= 4 is 11.9 Å². The van der Waals surface area contributed by atoms with E-state index < -0.39 is 17.5 Å². The summed E-state index contributed by atoms with van der Waals surface area (Å²) in [5.41, 5.74) is 13.1. The lowest BCUT2D eigenvalue weighted by Crippen LogP contribution is -2.58. The van der Waals surface area contributed by atoms with Crippen LogP contribution in [0.1, 0.15) is 13.8 Å². The minimum Gasteiger partial charge on any atom is -0.368 e. The van der Waals surface area contributed by atoms with Gasteiger partial charge in [0.2, 0.25) is 5.91 Å². The van der Waals surface area contributed by atoms with Crippen molar-refractivity contribution < 1.29 is 9.59 Å². The summed E-state index contributed by atoms with van der Waals surface area (Å²) in [4.78, 5) is 20.8. The van der Waals surface area contributed by atoms with Crippen LogP contribution in [0.4, 0.5) is 4.79 Å². The van der Waals surface area contributed by atoms with E-state index in [-0.39, 0.29) is 0 Å². The van der Waals surface area contributed by atoms with Crippen molar-refractivity contribution in [2.24, 2.45) is 11.5 Å². The highest BCUT2D eigenvalue weighted by molar-refractivity contribution is 5.84. The molecule has 0 aliphatic carbocycles. The third-order valence-electron chi connectivity index (χ3n) is 1.11. The van der Waals surface area contributed by atoms with E-state index >= 15 is 0 Å². The molecule has 6 nitrogen and oxygen atoms in total. The number of nitrogens with two attached hydrogens (primary N) is 2. The van der Waals surface area contributed by atoms with Crippen LogP contribution in [0, 0.1) is 0 Å². The van der Waals surface area contributed by atoms with E-state index in [9.17, 15) is 9.59 Å². The van der Waals surface area contributed by atoms with Crippen LogP contribution >= 0.6 is 0 Å². The molecule has 0 aliphatic rings. The Balaban J connectivity index is 3.92. The number of primary amides is 2. The fraction of sp³-hybridized carbons (Fsp3) is 0.600. The zero-order chi connectivity index (χ0) is 9.07. The van der Waals surface area contributed by atoms with Crippen molar-refractivity contribution in [1.29, 1.82) is 0 Å². The quantitative estimate of drug-likeness (QED) is 0.374. The van der Waals surface area contributed by atoms with Crippen LogP contribution < -0.4 is 22.3 Å². The number of hydrazine groups is 1. The second-order valence-corrected chi connectivity index (χ2v) is 2.60. The Kier molecular flexibility index (Phi) is 2.82. The zero-order valence-electron chi connectivity index (χ0n) is 6.47. The number of urea groups is 1. The predicted molar refractivity (Wildman–Crippen MR) is 39.1 cm³/mol. The molecule has 0 bridgehead atoms. The van der Waals surface area contributed by atoms with Crippen LogP contribution in [-0.4, -0.2) is 17.5 Å². The Morgan fingerprint density at radius 2 is 1.73 bits per heavy atom. The minimum atomic E-state index is -0.991.